The Bertz CT molecular complexity index is 2290. The normalized spacial score (nSPS) is 13.1. The second-order valence-corrected chi connectivity index (χ2v) is 16.0. The van der Waals surface area contributed by atoms with Gasteiger partial charge in [0.05, 0.1) is 46.4 Å². The van der Waals surface area contributed by atoms with Gasteiger partial charge in [0.25, 0.3) is 11.5 Å². The van der Waals surface area contributed by atoms with E-state index in [4.69, 9.17) is 26.3 Å². The van der Waals surface area contributed by atoms with E-state index in [0.717, 1.165) is 43.6 Å². The number of amides is 2. The number of aryl methyl sites for hydroxylation is 1. The van der Waals surface area contributed by atoms with Crippen molar-refractivity contribution < 1.29 is 14.3 Å². The van der Waals surface area contributed by atoms with Gasteiger partial charge in [-0.15, -0.1) is 0 Å². The maximum absolute atomic E-state index is 14.7. The monoisotopic (exact) mass is 830 g/mol. The van der Waals surface area contributed by atoms with Crippen LogP contribution in [0.5, 0.6) is 0 Å². The van der Waals surface area contributed by atoms with Gasteiger partial charge in [-0.1, -0.05) is 132 Å². The Morgan fingerprint density at radius 1 is 0.733 bits per heavy atom. The summed E-state index contributed by atoms with van der Waals surface area (Å²) in [4.78, 5) is 54.8. The van der Waals surface area contributed by atoms with Gasteiger partial charge in [0.2, 0.25) is 5.91 Å². The zero-order valence-corrected chi connectivity index (χ0v) is 35.9. The maximum Gasteiger partial charge on any atom is 0.278 e. The van der Waals surface area contributed by atoms with Crippen molar-refractivity contribution in [2.24, 2.45) is 4.99 Å². The molecule has 0 bridgehead atoms. The molecule has 11 heteroatoms. The number of nitrogens with one attached hydrogen (secondary N) is 2. The van der Waals surface area contributed by atoms with Gasteiger partial charge < -0.3 is 20.3 Å². The molecule has 0 saturated carbocycles. The van der Waals surface area contributed by atoms with Crippen molar-refractivity contribution in [2.45, 2.75) is 104 Å². The van der Waals surface area contributed by atoms with Crippen LogP contribution in [0.3, 0.4) is 0 Å². The SMILES string of the molecule is CCCCCCCCCCCCCCCC(=O)Nc1cccc2c(=O)n(-c3ccccc3)c(/C(=N/c3ccc(N4CCOCC4)cc3C)C(=O)Nc3ccccc3Cl)nc12. The summed E-state index contributed by atoms with van der Waals surface area (Å²) >= 11 is 6.52. The Morgan fingerprint density at radius 3 is 2.03 bits per heavy atom. The molecule has 0 unspecified atom stereocenters. The fraction of sp³-hybridized carbons (Fsp3) is 0.408. The zero-order valence-electron chi connectivity index (χ0n) is 35.2. The number of nitrogens with zero attached hydrogens (tertiary/aromatic N) is 4. The number of morpholine rings is 1. The average molecular weight is 832 g/mol. The maximum atomic E-state index is 14.7. The number of fused-ring (bicyclic) bond motifs is 1. The minimum atomic E-state index is -0.611. The summed E-state index contributed by atoms with van der Waals surface area (Å²) in [6.45, 7) is 7.04. The zero-order chi connectivity index (χ0) is 42.1. The number of unbranched alkanes of at least 4 members (excludes halogenated alkanes) is 12. The number of aliphatic imine (C=N–C) groups is 1. The number of hydrogen-bond acceptors (Lipinski definition) is 7. The predicted octanol–water partition coefficient (Wildman–Crippen LogP) is 11.4. The summed E-state index contributed by atoms with van der Waals surface area (Å²) in [6, 6.07) is 27.0. The highest BCUT2D eigenvalue weighted by molar-refractivity contribution is 6.49. The molecule has 4 aromatic carbocycles. The van der Waals surface area contributed by atoms with Gasteiger partial charge >= 0.3 is 0 Å². The van der Waals surface area contributed by atoms with Gasteiger partial charge in [0, 0.05) is 25.2 Å². The standard InChI is InChI=1S/C49H59ClN6O4/c1-3-4-5-6-7-8-9-10-11-12-13-14-18-28-44(57)51-43-27-21-24-39-45(43)54-47(56(49(39)59)37-22-16-15-17-23-37)46(48(58)53-42-26-20-19-25-40(42)50)52-41-30-29-38(35-36(41)2)55-31-33-60-34-32-55/h15-17,19-27,29-30,35H,3-14,18,28,31-34H2,1-2H3,(H,51,57)(H,53,58)/b52-46-. The molecule has 1 aliphatic heterocycles. The lowest BCUT2D eigenvalue weighted by atomic mass is 10.0. The summed E-state index contributed by atoms with van der Waals surface area (Å²) in [5, 5.41) is 6.58. The molecule has 1 saturated heterocycles. The molecule has 0 atom stereocenters. The topological polar surface area (TPSA) is 118 Å². The third-order valence-corrected chi connectivity index (χ3v) is 11.4. The minimum absolute atomic E-state index is 0.0121. The summed E-state index contributed by atoms with van der Waals surface area (Å²) in [5.74, 6) is -0.750. The Balaban J connectivity index is 1.28. The summed E-state index contributed by atoms with van der Waals surface area (Å²) in [5.41, 5.74) is 3.42. The lowest BCUT2D eigenvalue weighted by Gasteiger charge is -2.29. The first-order valence-corrected chi connectivity index (χ1v) is 22.2. The molecule has 316 valence electrons. The number of rotatable bonds is 21. The van der Waals surface area contributed by atoms with Crippen molar-refractivity contribution in [3.8, 4) is 5.69 Å². The van der Waals surface area contributed by atoms with Gasteiger partial charge in [-0.05, 0) is 73.5 Å². The number of carbonyl (C=O) groups is 2. The second-order valence-electron chi connectivity index (χ2n) is 15.6. The van der Waals surface area contributed by atoms with E-state index < -0.39 is 11.5 Å². The van der Waals surface area contributed by atoms with Crippen LogP contribution in [0.25, 0.3) is 16.6 Å². The highest BCUT2D eigenvalue weighted by Crippen LogP contribution is 2.29. The fourth-order valence-corrected chi connectivity index (χ4v) is 7.83. The quantitative estimate of drug-likeness (QED) is 0.0562. The van der Waals surface area contributed by atoms with Crippen molar-refractivity contribution in [1.82, 2.24) is 9.55 Å². The molecular formula is C49H59ClN6O4. The average Bonchev–Trinajstić information content (AvgIpc) is 3.26. The minimum Gasteiger partial charge on any atom is -0.378 e. The van der Waals surface area contributed by atoms with Crippen LogP contribution in [-0.4, -0.2) is 53.4 Å². The van der Waals surface area contributed by atoms with Gasteiger partial charge in [-0.2, -0.15) is 0 Å². The molecule has 2 amide bonds. The number of anilines is 3. The smallest absolute Gasteiger partial charge is 0.278 e. The van der Waals surface area contributed by atoms with Crippen molar-refractivity contribution in [3.63, 3.8) is 0 Å². The van der Waals surface area contributed by atoms with E-state index in [0.29, 0.717) is 52.8 Å². The Hall–Kier alpha value is -5.32. The van der Waals surface area contributed by atoms with E-state index in [2.05, 4.69) is 22.5 Å². The van der Waals surface area contributed by atoms with Crippen LogP contribution in [0.4, 0.5) is 22.7 Å². The Labute approximate surface area is 359 Å². The molecule has 5 aromatic rings. The van der Waals surface area contributed by atoms with Crippen LogP contribution < -0.4 is 21.1 Å². The summed E-state index contributed by atoms with van der Waals surface area (Å²) in [6.07, 6.45) is 16.3. The molecule has 0 radical (unpaired) electrons. The van der Waals surface area contributed by atoms with Gasteiger partial charge in [-0.25, -0.2) is 9.98 Å². The van der Waals surface area contributed by atoms with Gasteiger partial charge in [0.15, 0.2) is 11.5 Å². The molecule has 1 fully saturated rings. The fourth-order valence-electron chi connectivity index (χ4n) is 7.65. The van der Waals surface area contributed by atoms with Crippen LogP contribution in [0.2, 0.25) is 5.02 Å². The van der Waals surface area contributed by atoms with E-state index in [1.54, 1.807) is 54.6 Å². The van der Waals surface area contributed by atoms with Crippen LogP contribution in [-0.2, 0) is 14.3 Å². The molecule has 0 aliphatic carbocycles. The molecule has 2 N–H and O–H groups in total. The number of benzene rings is 4. The third-order valence-electron chi connectivity index (χ3n) is 11.0. The van der Waals surface area contributed by atoms with Crippen molar-refractivity contribution in [2.75, 3.05) is 41.8 Å². The first kappa shape index (κ1) is 44.2. The molecule has 1 aliphatic rings. The number of para-hydroxylation sites is 3. The van der Waals surface area contributed by atoms with Crippen LogP contribution >= 0.6 is 11.6 Å². The number of hydrogen-bond donors (Lipinski definition) is 2. The molecule has 6 rings (SSSR count). The van der Waals surface area contributed by atoms with Gasteiger partial charge in [0.1, 0.15) is 5.52 Å². The molecule has 10 nitrogen and oxygen atoms in total. The van der Waals surface area contributed by atoms with Crippen molar-refractivity contribution >= 4 is 62.8 Å². The van der Waals surface area contributed by atoms with Crippen molar-refractivity contribution in [3.05, 3.63) is 118 Å². The summed E-state index contributed by atoms with van der Waals surface area (Å²) in [7, 11) is 0. The number of carbonyl (C=O) groups excluding carboxylic acids is 2. The molecule has 1 aromatic heterocycles. The lowest BCUT2D eigenvalue weighted by Crippen LogP contribution is -2.36. The highest BCUT2D eigenvalue weighted by Gasteiger charge is 2.26. The lowest BCUT2D eigenvalue weighted by molar-refractivity contribution is -0.116. The second kappa shape index (κ2) is 22.9. The first-order valence-electron chi connectivity index (χ1n) is 21.8. The van der Waals surface area contributed by atoms with Crippen LogP contribution in [0.15, 0.2) is 101 Å². The Morgan fingerprint density at radius 2 is 1.37 bits per heavy atom. The number of halogens is 1. The molecule has 60 heavy (non-hydrogen) atoms. The van der Waals surface area contributed by atoms with E-state index in [-0.39, 0.29) is 23.0 Å². The highest BCUT2D eigenvalue weighted by atomic mass is 35.5. The van der Waals surface area contributed by atoms with E-state index >= 15 is 0 Å². The number of ether oxygens (including phenoxy) is 1. The number of aromatic nitrogens is 2. The van der Waals surface area contributed by atoms with Crippen molar-refractivity contribution in [1.29, 1.82) is 0 Å². The van der Waals surface area contributed by atoms with E-state index in [1.165, 1.54) is 68.8 Å². The van der Waals surface area contributed by atoms with Gasteiger partial charge in [-0.3, -0.25) is 19.0 Å². The largest absolute Gasteiger partial charge is 0.378 e. The van der Waals surface area contributed by atoms with E-state index in [9.17, 15) is 14.4 Å². The summed E-state index contributed by atoms with van der Waals surface area (Å²) < 4.78 is 6.96. The van der Waals surface area contributed by atoms with Crippen LogP contribution in [0.1, 0.15) is 108 Å². The molecular weight excluding hydrogens is 772 g/mol. The molecule has 0 spiro atoms. The van der Waals surface area contributed by atoms with E-state index in [1.807, 2.05) is 43.3 Å². The Kier molecular flexibility index (Phi) is 16.9. The molecule has 2 heterocycles. The van der Waals surface area contributed by atoms with Crippen LogP contribution in [0, 0.1) is 6.92 Å². The predicted molar refractivity (Wildman–Crippen MR) is 247 cm³/mol. The third kappa shape index (κ3) is 12.1. The first-order chi connectivity index (χ1) is 29.3.